The largest absolute Gasteiger partial charge is 0.193 e. The van der Waals surface area contributed by atoms with E-state index < -0.39 is 0 Å². The van der Waals surface area contributed by atoms with Gasteiger partial charge in [-0.05, 0) is 12.5 Å². The van der Waals surface area contributed by atoms with Crippen LogP contribution in [-0.2, 0) is 0 Å². The van der Waals surface area contributed by atoms with Gasteiger partial charge in [-0.15, -0.1) is 5.73 Å². The quantitative estimate of drug-likeness (QED) is 0.388. The number of nitrogens with zero attached hydrogens (tertiary/aromatic N) is 1. The van der Waals surface area contributed by atoms with Gasteiger partial charge in [0.25, 0.3) is 0 Å². The first-order valence-electron chi connectivity index (χ1n) is 2.30. The minimum Gasteiger partial charge on any atom is -0.193 e. The molecule has 0 aliphatic carbocycles. The van der Waals surface area contributed by atoms with Crippen LogP contribution in [0.2, 0.25) is 0 Å². The first-order valence-corrected chi connectivity index (χ1v) is 2.30. The van der Waals surface area contributed by atoms with Gasteiger partial charge >= 0.3 is 0 Å². The Kier molecular flexibility index (Phi) is 4.85. The van der Waals surface area contributed by atoms with Crippen molar-refractivity contribution in [2.75, 3.05) is 0 Å². The molecule has 0 atom stereocenters. The fourth-order valence-electron chi connectivity index (χ4n) is 0.272. The van der Waals surface area contributed by atoms with Gasteiger partial charge in [0.15, 0.2) is 0 Å². The highest BCUT2D eigenvalue weighted by atomic mass is 14.2. The summed E-state index contributed by atoms with van der Waals surface area (Å²) in [4.78, 5) is 0. The van der Waals surface area contributed by atoms with Crippen molar-refractivity contribution in [2.45, 2.75) is 6.42 Å². The first kappa shape index (κ1) is 6.75. The highest BCUT2D eigenvalue weighted by molar-refractivity contribution is 5.03. The Morgan fingerprint density at radius 2 is 2.38 bits per heavy atom. The molecule has 0 aliphatic rings. The zero-order valence-electron chi connectivity index (χ0n) is 4.59. The van der Waals surface area contributed by atoms with Crippen molar-refractivity contribution < 1.29 is 0 Å². The summed E-state index contributed by atoms with van der Waals surface area (Å²) in [5, 5.41) is 7.98. The molecule has 0 N–H and O–H groups in total. The molecular formula is C7H7N. The molecule has 0 rings (SSSR count). The second-order valence-corrected chi connectivity index (χ2v) is 1.18. The molecule has 0 aromatic carbocycles. The van der Waals surface area contributed by atoms with Gasteiger partial charge in [0, 0.05) is 6.08 Å². The Morgan fingerprint density at radius 3 is 2.88 bits per heavy atom. The second kappa shape index (κ2) is 5.75. The van der Waals surface area contributed by atoms with E-state index in [1.54, 1.807) is 12.2 Å². The van der Waals surface area contributed by atoms with E-state index in [2.05, 4.69) is 12.3 Å². The van der Waals surface area contributed by atoms with Crippen LogP contribution in [0.15, 0.2) is 30.5 Å². The van der Waals surface area contributed by atoms with Crippen LogP contribution in [0.4, 0.5) is 0 Å². The molecule has 0 saturated carbocycles. The van der Waals surface area contributed by atoms with Gasteiger partial charge in [-0.1, -0.05) is 12.7 Å². The number of hydrogen-bond donors (Lipinski definition) is 0. The summed E-state index contributed by atoms with van der Waals surface area (Å²) in [6.45, 7) is 3.36. The molecule has 40 valence electrons. The highest BCUT2D eigenvalue weighted by Gasteiger charge is 1.63. The van der Waals surface area contributed by atoms with Gasteiger partial charge in [0.05, 0.1) is 6.07 Å². The van der Waals surface area contributed by atoms with Gasteiger partial charge in [0.2, 0.25) is 0 Å². The van der Waals surface area contributed by atoms with Crippen molar-refractivity contribution in [1.29, 1.82) is 5.26 Å². The standard InChI is InChI=1S/C7H7N/c1-2-3-4-5-6-7-8/h3,5-6H,1,4H2. The lowest BCUT2D eigenvalue weighted by Crippen LogP contribution is -1.52. The lowest BCUT2D eigenvalue weighted by molar-refractivity contribution is 1.40. The molecule has 0 bridgehead atoms. The average molecular weight is 105 g/mol. The Bertz CT molecular complexity index is 154. The van der Waals surface area contributed by atoms with Crippen LogP contribution in [0.3, 0.4) is 0 Å². The monoisotopic (exact) mass is 105 g/mol. The van der Waals surface area contributed by atoms with Crippen LogP contribution in [-0.4, -0.2) is 0 Å². The third kappa shape index (κ3) is 4.75. The van der Waals surface area contributed by atoms with E-state index in [4.69, 9.17) is 5.26 Å². The highest BCUT2D eigenvalue weighted by Crippen LogP contribution is 1.80. The van der Waals surface area contributed by atoms with Crippen LogP contribution in [0.5, 0.6) is 0 Å². The maximum absolute atomic E-state index is 7.98. The van der Waals surface area contributed by atoms with Crippen LogP contribution in [0.1, 0.15) is 6.42 Å². The predicted octanol–water partition coefficient (Wildman–Crippen LogP) is 1.80. The van der Waals surface area contributed by atoms with E-state index in [-0.39, 0.29) is 0 Å². The van der Waals surface area contributed by atoms with Crippen LogP contribution in [0.25, 0.3) is 0 Å². The third-order valence-corrected chi connectivity index (χ3v) is 0.591. The van der Waals surface area contributed by atoms with Gasteiger partial charge in [-0.2, -0.15) is 5.26 Å². The zero-order chi connectivity index (χ0) is 6.24. The van der Waals surface area contributed by atoms with Crippen molar-refractivity contribution in [1.82, 2.24) is 0 Å². The SMILES string of the molecule is C=C=CCC=CC#N. The van der Waals surface area contributed by atoms with Gasteiger partial charge in [-0.25, -0.2) is 0 Å². The predicted molar refractivity (Wildman–Crippen MR) is 33.1 cm³/mol. The van der Waals surface area contributed by atoms with Crippen molar-refractivity contribution in [3.8, 4) is 6.07 Å². The van der Waals surface area contributed by atoms with Crippen LogP contribution < -0.4 is 0 Å². The summed E-state index contributed by atoms with van der Waals surface area (Å²) in [5.74, 6) is 0. The average Bonchev–Trinajstić information content (AvgIpc) is 1.81. The molecule has 0 aromatic rings. The number of hydrogen-bond acceptors (Lipinski definition) is 1. The first-order chi connectivity index (χ1) is 3.91. The van der Waals surface area contributed by atoms with E-state index in [0.717, 1.165) is 6.42 Å². The van der Waals surface area contributed by atoms with Gasteiger partial charge in [0.1, 0.15) is 0 Å². The minimum atomic E-state index is 0.747. The number of nitriles is 1. The molecule has 0 fully saturated rings. The maximum Gasteiger partial charge on any atom is 0.0908 e. The molecule has 0 amide bonds. The van der Waals surface area contributed by atoms with E-state index in [1.165, 1.54) is 6.08 Å². The Morgan fingerprint density at radius 1 is 1.62 bits per heavy atom. The van der Waals surface area contributed by atoms with Crippen molar-refractivity contribution in [3.05, 3.63) is 30.5 Å². The molecule has 0 aromatic heterocycles. The zero-order valence-corrected chi connectivity index (χ0v) is 4.59. The molecule has 0 aliphatic heterocycles. The molecule has 0 spiro atoms. The van der Waals surface area contributed by atoms with E-state index in [9.17, 15) is 0 Å². The topological polar surface area (TPSA) is 23.8 Å². The van der Waals surface area contributed by atoms with Crippen molar-refractivity contribution in [3.63, 3.8) is 0 Å². The van der Waals surface area contributed by atoms with E-state index in [0.29, 0.717) is 0 Å². The third-order valence-electron chi connectivity index (χ3n) is 0.591. The Balaban J connectivity index is 3.33. The van der Waals surface area contributed by atoms with Gasteiger partial charge in [-0.3, -0.25) is 0 Å². The van der Waals surface area contributed by atoms with E-state index in [1.807, 2.05) is 6.07 Å². The fraction of sp³-hybridized carbons (Fsp3) is 0.143. The lowest BCUT2D eigenvalue weighted by Gasteiger charge is -1.69. The van der Waals surface area contributed by atoms with Gasteiger partial charge < -0.3 is 0 Å². The van der Waals surface area contributed by atoms with Crippen molar-refractivity contribution >= 4 is 0 Å². The molecular weight excluding hydrogens is 98.1 g/mol. The summed E-state index contributed by atoms with van der Waals surface area (Å²) in [5.41, 5.74) is 2.59. The van der Waals surface area contributed by atoms with E-state index >= 15 is 0 Å². The normalized spacial score (nSPS) is 7.88. The summed E-state index contributed by atoms with van der Waals surface area (Å²) < 4.78 is 0. The maximum atomic E-state index is 7.98. The molecule has 0 saturated heterocycles. The molecule has 0 radical (unpaired) electrons. The molecule has 0 unspecified atom stereocenters. The fourth-order valence-corrected chi connectivity index (χ4v) is 0.272. The lowest BCUT2D eigenvalue weighted by atomic mass is 10.4. The van der Waals surface area contributed by atoms with Crippen LogP contribution >= 0.6 is 0 Å². The molecule has 0 heterocycles. The summed E-state index contributed by atoms with van der Waals surface area (Å²) in [7, 11) is 0. The van der Waals surface area contributed by atoms with Crippen LogP contribution in [0, 0.1) is 11.3 Å². The summed E-state index contributed by atoms with van der Waals surface area (Å²) in [6.07, 6.45) is 5.69. The minimum absolute atomic E-state index is 0.747. The summed E-state index contributed by atoms with van der Waals surface area (Å²) in [6, 6.07) is 1.88. The molecule has 8 heavy (non-hydrogen) atoms. The molecule has 1 heteroatoms. The second-order valence-electron chi connectivity index (χ2n) is 1.18. The Labute approximate surface area is 49.3 Å². The number of allylic oxidation sites excluding steroid dienone is 3. The number of rotatable bonds is 2. The molecule has 1 nitrogen and oxygen atoms in total. The van der Waals surface area contributed by atoms with Crippen molar-refractivity contribution in [2.24, 2.45) is 0 Å². The smallest absolute Gasteiger partial charge is 0.0908 e. The Hall–Kier alpha value is -1.25. The summed E-state index contributed by atoms with van der Waals surface area (Å²) >= 11 is 0.